The summed E-state index contributed by atoms with van der Waals surface area (Å²) in [7, 11) is 0. The van der Waals surface area contributed by atoms with Crippen LogP contribution in [-0.4, -0.2) is 17.5 Å². The van der Waals surface area contributed by atoms with Crippen molar-refractivity contribution >= 4 is 6.08 Å². The Bertz CT molecular complexity index is 640. The van der Waals surface area contributed by atoms with Crippen molar-refractivity contribution in [2.24, 2.45) is 5.41 Å². The number of hydrogen-bond acceptors (Lipinski definition) is 1. The lowest BCUT2D eigenvalue weighted by Crippen LogP contribution is -2.36. The van der Waals surface area contributed by atoms with Gasteiger partial charge in [-0.2, -0.15) is 0 Å². The van der Waals surface area contributed by atoms with Crippen molar-refractivity contribution in [3.8, 4) is 0 Å². The van der Waals surface area contributed by atoms with Gasteiger partial charge in [0.2, 0.25) is 0 Å². The van der Waals surface area contributed by atoms with Gasteiger partial charge in [0.15, 0.2) is 0 Å². The fourth-order valence-electron chi connectivity index (χ4n) is 3.16. The van der Waals surface area contributed by atoms with E-state index in [9.17, 15) is 0 Å². The van der Waals surface area contributed by atoms with E-state index in [2.05, 4.69) is 91.6 Å². The minimum Gasteiger partial charge on any atom is -0.296 e. The highest BCUT2D eigenvalue weighted by Gasteiger charge is 2.39. The van der Waals surface area contributed by atoms with Crippen LogP contribution in [-0.2, 0) is 6.54 Å². The molecule has 0 heterocycles. The van der Waals surface area contributed by atoms with Crippen LogP contribution in [0, 0.1) is 5.41 Å². The van der Waals surface area contributed by atoms with E-state index in [-0.39, 0.29) is 0 Å². The molecule has 0 spiro atoms. The fourth-order valence-corrected chi connectivity index (χ4v) is 3.16. The molecule has 0 amide bonds. The van der Waals surface area contributed by atoms with Gasteiger partial charge in [-0.1, -0.05) is 79.7 Å². The third-order valence-electron chi connectivity index (χ3n) is 5.13. The molecule has 1 nitrogen and oxygen atoms in total. The fraction of sp³-hybridized carbons (Fsp3) is 0.391. The summed E-state index contributed by atoms with van der Waals surface area (Å²) in [5.74, 6) is 0. The molecule has 0 saturated heterocycles. The van der Waals surface area contributed by atoms with Crippen molar-refractivity contribution in [2.45, 2.75) is 45.7 Å². The average molecular weight is 319 g/mol. The van der Waals surface area contributed by atoms with Crippen molar-refractivity contribution in [1.29, 1.82) is 0 Å². The minimum atomic E-state index is 0.548. The zero-order chi connectivity index (χ0) is 16.8. The number of rotatable bonds is 8. The lowest BCUT2D eigenvalue weighted by atomic mass is 10.0. The van der Waals surface area contributed by atoms with Crippen LogP contribution >= 0.6 is 0 Å². The molecule has 126 valence electrons. The average Bonchev–Trinajstić information content (AvgIpc) is 3.33. The Labute approximate surface area is 147 Å². The third-order valence-corrected chi connectivity index (χ3v) is 5.13. The highest BCUT2D eigenvalue weighted by Crippen LogP contribution is 2.46. The molecule has 1 heteroatoms. The highest BCUT2D eigenvalue weighted by molar-refractivity contribution is 5.48. The van der Waals surface area contributed by atoms with Crippen LogP contribution in [0.15, 0.2) is 66.7 Å². The predicted molar refractivity (Wildman–Crippen MR) is 104 cm³/mol. The van der Waals surface area contributed by atoms with Crippen molar-refractivity contribution in [3.63, 3.8) is 0 Å². The quantitative estimate of drug-likeness (QED) is 0.596. The maximum atomic E-state index is 2.66. The zero-order valence-electron chi connectivity index (χ0n) is 15.0. The Balaban J connectivity index is 1.62. The molecular formula is C23H29N. The van der Waals surface area contributed by atoms with E-state index in [4.69, 9.17) is 0 Å². The second-order valence-corrected chi connectivity index (χ2v) is 7.60. The van der Waals surface area contributed by atoms with E-state index < -0.39 is 0 Å². The Hall–Kier alpha value is -1.86. The molecule has 1 saturated carbocycles. The Morgan fingerprint density at radius 3 is 2.25 bits per heavy atom. The Morgan fingerprint density at radius 1 is 1.00 bits per heavy atom. The topological polar surface area (TPSA) is 3.24 Å². The van der Waals surface area contributed by atoms with Gasteiger partial charge in [0, 0.05) is 19.1 Å². The summed E-state index contributed by atoms with van der Waals surface area (Å²) in [5.41, 5.74) is 3.25. The van der Waals surface area contributed by atoms with Gasteiger partial charge < -0.3 is 0 Å². The highest BCUT2D eigenvalue weighted by atomic mass is 15.2. The Morgan fingerprint density at radius 2 is 1.62 bits per heavy atom. The largest absolute Gasteiger partial charge is 0.296 e. The van der Waals surface area contributed by atoms with Crippen LogP contribution < -0.4 is 0 Å². The molecule has 2 aromatic carbocycles. The van der Waals surface area contributed by atoms with Gasteiger partial charge in [0.25, 0.3) is 0 Å². The Kier molecular flexibility index (Phi) is 5.52. The van der Waals surface area contributed by atoms with Gasteiger partial charge >= 0.3 is 0 Å². The first-order chi connectivity index (χ1) is 11.6. The molecule has 0 radical (unpaired) electrons. The molecule has 2 aromatic rings. The van der Waals surface area contributed by atoms with Crippen molar-refractivity contribution in [3.05, 3.63) is 77.9 Å². The second-order valence-electron chi connectivity index (χ2n) is 7.60. The first kappa shape index (κ1) is 17.0. The first-order valence-corrected chi connectivity index (χ1v) is 9.14. The molecule has 24 heavy (non-hydrogen) atoms. The van der Waals surface area contributed by atoms with Gasteiger partial charge in [-0.3, -0.25) is 4.90 Å². The van der Waals surface area contributed by atoms with Crippen LogP contribution in [0.2, 0.25) is 0 Å². The van der Waals surface area contributed by atoms with Gasteiger partial charge in [-0.25, -0.2) is 0 Å². The van der Waals surface area contributed by atoms with Gasteiger partial charge in [-0.05, 0) is 42.7 Å². The normalized spacial score (nSPS) is 17.3. The van der Waals surface area contributed by atoms with Gasteiger partial charge in [0.05, 0.1) is 0 Å². The molecule has 0 aliphatic heterocycles. The van der Waals surface area contributed by atoms with Crippen molar-refractivity contribution in [1.82, 2.24) is 4.90 Å². The summed E-state index contributed by atoms with van der Waals surface area (Å²) >= 11 is 0. The smallest absolute Gasteiger partial charge is 0.0236 e. The van der Waals surface area contributed by atoms with E-state index in [1.165, 1.54) is 30.5 Å². The van der Waals surface area contributed by atoms with Crippen molar-refractivity contribution < 1.29 is 0 Å². The summed E-state index contributed by atoms with van der Waals surface area (Å²) in [6.45, 7) is 7.06. The van der Waals surface area contributed by atoms with Gasteiger partial charge in [-0.15, -0.1) is 0 Å². The van der Waals surface area contributed by atoms with Crippen LogP contribution in [0.5, 0.6) is 0 Å². The molecule has 1 fully saturated rings. The van der Waals surface area contributed by atoms with Crippen LogP contribution in [0.25, 0.3) is 6.08 Å². The van der Waals surface area contributed by atoms with E-state index in [0.29, 0.717) is 11.5 Å². The summed E-state index contributed by atoms with van der Waals surface area (Å²) in [4.78, 5) is 2.66. The summed E-state index contributed by atoms with van der Waals surface area (Å²) in [6, 6.07) is 22.0. The SMILES string of the molecule is CC(C/C=C/c1ccccc1)N(Cc1ccccc1)CC1(C)CC1. The van der Waals surface area contributed by atoms with E-state index in [1.807, 2.05) is 0 Å². The molecule has 0 bridgehead atoms. The lowest BCUT2D eigenvalue weighted by molar-refractivity contribution is 0.166. The summed E-state index contributed by atoms with van der Waals surface area (Å²) in [5, 5.41) is 0. The minimum absolute atomic E-state index is 0.548. The molecule has 0 aromatic heterocycles. The summed E-state index contributed by atoms with van der Waals surface area (Å²) < 4.78 is 0. The number of hydrogen-bond donors (Lipinski definition) is 0. The molecular weight excluding hydrogens is 290 g/mol. The lowest BCUT2D eigenvalue weighted by Gasteiger charge is -2.31. The monoisotopic (exact) mass is 319 g/mol. The van der Waals surface area contributed by atoms with Crippen LogP contribution in [0.3, 0.4) is 0 Å². The first-order valence-electron chi connectivity index (χ1n) is 9.14. The van der Waals surface area contributed by atoms with Crippen molar-refractivity contribution in [2.75, 3.05) is 6.54 Å². The number of benzene rings is 2. The zero-order valence-corrected chi connectivity index (χ0v) is 15.0. The second kappa shape index (κ2) is 7.81. The molecule has 3 rings (SSSR count). The molecule has 0 N–H and O–H groups in total. The maximum absolute atomic E-state index is 2.66. The van der Waals surface area contributed by atoms with Crippen LogP contribution in [0.1, 0.15) is 44.2 Å². The van der Waals surface area contributed by atoms with E-state index in [0.717, 1.165) is 13.0 Å². The third kappa shape index (κ3) is 5.07. The molecule has 1 atom stereocenters. The van der Waals surface area contributed by atoms with E-state index in [1.54, 1.807) is 0 Å². The maximum Gasteiger partial charge on any atom is 0.0236 e. The molecule has 1 unspecified atom stereocenters. The molecule has 1 aliphatic carbocycles. The summed E-state index contributed by atoms with van der Waals surface area (Å²) in [6.07, 6.45) is 8.43. The van der Waals surface area contributed by atoms with E-state index >= 15 is 0 Å². The standard InChI is InChI=1S/C23H29N/c1-20(10-9-15-21-11-5-3-6-12-21)24(19-23(2)16-17-23)18-22-13-7-4-8-14-22/h3-9,11-15,20H,10,16-19H2,1-2H3/b15-9+. The van der Waals surface area contributed by atoms with Gasteiger partial charge in [0.1, 0.15) is 0 Å². The number of nitrogens with zero attached hydrogens (tertiary/aromatic N) is 1. The van der Waals surface area contributed by atoms with Crippen LogP contribution in [0.4, 0.5) is 0 Å². The predicted octanol–water partition coefficient (Wildman–Crippen LogP) is 5.78. The molecule has 1 aliphatic rings.